The summed E-state index contributed by atoms with van der Waals surface area (Å²) in [6.45, 7) is 0. The monoisotopic (exact) mass is 346 g/mol. The molecule has 3 aromatic carbocycles. The molecule has 3 aromatic rings. The molecule has 0 N–H and O–H groups in total. The Kier molecular flexibility index (Phi) is 5.13. The molecule has 0 saturated heterocycles. The normalized spacial score (nSPS) is 10.2. The van der Waals surface area contributed by atoms with Gasteiger partial charge in [-0.25, -0.2) is 4.79 Å². The molecule has 0 amide bonds. The average molecular weight is 346 g/mol. The second kappa shape index (κ2) is 7.66. The van der Waals surface area contributed by atoms with E-state index in [1.165, 1.54) is 7.11 Å². The molecular formula is C22H18O4. The van der Waals surface area contributed by atoms with Crippen molar-refractivity contribution in [3.05, 3.63) is 89.5 Å². The van der Waals surface area contributed by atoms with E-state index in [4.69, 9.17) is 9.47 Å². The van der Waals surface area contributed by atoms with Gasteiger partial charge >= 0.3 is 5.97 Å². The van der Waals surface area contributed by atoms with Crippen molar-refractivity contribution in [1.29, 1.82) is 0 Å². The van der Waals surface area contributed by atoms with Crippen molar-refractivity contribution < 1.29 is 19.1 Å². The standard InChI is InChI=1S/C22H18O4/c1-25-16-13-11-15(12-14-16)21(23)19-9-5-3-7-17(19)18-8-4-6-10-20(18)22(24)26-2/h3-14H,1-2H3. The minimum Gasteiger partial charge on any atom is -0.497 e. The van der Waals surface area contributed by atoms with Crippen LogP contribution in [0.5, 0.6) is 5.75 Å². The van der Waals surface area contributed by atoms with Crippen LogP contribution in [-0.2, 0) is 4.74 Å². The largest absolute Gasteiger partial charge is 0.497 e. The Bertz CT molecular complexity index is 942. The zero-order chi connectivity index (χ0) is 18.5. The van der Waals surface area contributed by atoms with Crippen molar-refractivity contribution in [1.82, 2.24) is 0 Å². The predicted octanol–water partition coefficient (Wildman–Crippen LogP) is 4.38. The highest BCUT2D eigenvalue weighted by Gasteiger charge is 2.19. The van der Waals surface area contributed by atoms with Crippen LogP contribution < -0.4 is 4.74 Å². The number of esters is 1. The molecular weight excluding hydrogens is 328 g/mol. The molecule has 0 fully saturated rings. The lowest BCUT2D eigenvalue weighted by Gasteiger charge is -2.12. The molecule has 0 spiro atoms. The second-order valence-electron chi connectivity index (χ2n) is 5.64. The highest BCUT2D eigenvalue weighted by molar-refractivity contribution is 6.14. The van der Waals surface area contributed by atoms with Crippen LogP contribution in [0.1, 0.15) is 26.3 Å². The Hall–Kier alpha value is -3.40. The van der Waals surface area contributed by atoms with Crippen LogP contribution >= 0.6 is 0 Å². The Morgan fingerprint density at radius 1 is 0.692 bits per heavy atom. The lowest BCUT2D eigenvalue weighted by Crippen LogP contribution is -2.07. The van der Waals surface area contributed by atoms with E-state index in [1.807, 2.05) is 24.3 Å². The third-order valence-electron chi connectivity index (χ3n) is 4.15. The molecule has 0 heterocycles. The molecule has 4 nitrogen and oxygen atoms in total. The minimum atomic E-state index is -0.438. The van der Waals surface area contributed by atoms with Gasteiger partial charge in [0.15, 0.2) is 5.78 Å². The first-order valence-electron chi connectivity index (χ1n) is 8.11. The van der Waals surface area contributed by atoms with Gasteiger partial charge < -0.3 is 9.47 Å². The fourth-order valence-electron chi connectivity index (χ4n) is 2.82. The van der Waals surface area contributed by atoms with Gasteiger partial charge in [-0.15, -0.1) is 0 Å². The summed E-state index contributed by atoms with van der Waals surface area (Å²) < 4.78 is 10.0. The van der Waals surface area contributed by atoms with Crippen molar-refractivity contribution in [2.75, 3.05) is 14.2 Å². The van der Waals surface area contributed by atoms with Crippen molar-refractivity contribution >= 4 is 11.8 Å². The number of hydrogen-bond acceptors (Lipinski definition) is 4. The number of carbonyl (C=O) groups excluding carboxylic acids is 2. The summed E-state index contributed by atoms with van der Waals surface area (Å²) in [5.74, 6) is 0.126. The quantitative estimate of drug-likeness (QED) is 0.508. The first-order chi connectivity index (χ1) is 12.7. The van der Waals surface area contributed by atoms with Gasteiger partial charge in [0.25, 0.3) is 0 Å². The first-order valence-corrected chi connectivity index (χ1v) is 8.11. The van der Waals surface area contributed by atoms with E-state index in [-0.39, 0.29) is 5.78 Å². The molecule has 26 heavy (non-hydrogen) atoms. The van der Waals surface area contributed by atoms with Gasteiger partial charge in [0.2, 0.25) is 0 Å². The summed E-state index contributed by atoms with van der Waals surface area (Å²) in [6.07, 6.45) is 0. The molecule has 0 aliphatic heterocycles. The fourth-order valence-corrected chi connectivity index (χ4v) is 2.82. The molecule has 0 aromatic heterocycles. The van der Waals surface area contributed by atoms with Gasteiger partial charge in [-0.05, 0) is 41.5 Å². The highest BCUT2D eigenvalue weighted by atomic mass is 16.5. The van der Waals surface area contributed by atoms with E-state index in [2.05, 4.69) is 0 Å². The number of hydrogen-bond donors (Lipinski definition) is 0. The maximum atomic E-state index is 13.0. The molecule has 0 aliphatic rings. The van der Waals surface area contributed by atoms with Gasteiger partial charge in [-0.3, -0.25) is 4.79 Å². The Morgan fingerprint density at radius 3 is 1.81 bits per heavy atom. The molecule has 0 aliphatic carbocycles. The van der Waals surface area contributed by atoms with E-state index in [0.717, 1.165) is 0 Å². The fraction of sp³-hybridized carbons (Fsp3) is 0.0909. The van der Waals surface area contributed by atoms with E-state index >= 15 is 0 Å². The van der Waals surface area contributed by atoms with Crippen LogP contribution in [0, 0.1) is 0 Å². The number of rotatable bonds is 5. The SMILES string of the molecule is COC(=O)c1ccccc1-c1ccccc1C(=O)c1ccc(OC)cc1. The van der Waals surface area contributed by atoms with Crippen molar-refractivity contribution in [3.8, 4) is 16.9 Å². The predicted molar refractivity (Wildman–Crippen MR) is 99.6 cm³/mol. The second-order valence-corrected chi connectivity index (χ2v) is 5.64. The summed E-state index contributed by atoms with van der Waals surface area (Å²) in [5.41, 5.74) is 2.85. The first kappa shape index (κ1) is 17.4. The summed E-state index contributed by atoms with van der Waals surface area (Å²) >= 11 is 0. The van der Waals surface area contributed by atoms with E-state index < -0.39 is 5.97 Å². The Labute approximate surface area is 152 Å². The molecule has 3 rings (SSSR count). The van der Waals surface area contributed by atoms with Gasteiger partial charge in [-0.2, -0.15) is 0 Å². The van der Waals surface area contributed by atoms with Crippen molar-refractivity contribution in [2.45, 2.75) is 0 Å². The lowest BCUT2D eigenvalue weighted by atomic mass is 9.91. The maximum absolute atomic E-state index is 13.0. The maximum Gasteiger partial charge on any atom is 0.338 e. The number of ether oxygens (including phenoxy) is 2. The Balaban J connectivity index is 2.09. The van der Waals surface area contributed by atoms with E-state index in [0.29, 0.717) is 33.6 Å². The van der Waals surface area contributed by atoms with Crippen LogP contribution in [0.2, 0.25) is 0 Å². The zero-order valence-corrected chi connectivity index (χ0v) is 14.6. The van der Waals surface area contributed by atoms with Gasteiger partial charge in [0, 0.05) is 11.1 Å². The van der Waals surface area contributed by atoms with Crippen molar-refractivity contribution in [2.24, 2.45) is 0 Å². The molecule has 0 radical (unpaired) electrons. The lowest BCUT2D eigenvalue weighted by molar-refractivity contribution is 0.0601. The summed E-state index contributed by atoms with van der Waals surface area (Å²) in [6, 6.07) is 21.3. The minimum absolute atomic E-state index is 0.122. The molecule has 0 bridgehead atoms. The highest BCUT2D eigenvalue weighted by Crippen LogP contribution is 2.29. The Morgan fingerprint density at radius 2 is 1.23 bits per heavy atom. The van der Waals surface area contributed by atoms with Crippen LogP contribution in [-0.4, -0.2) is 26.0 Å². The summed E-state index contributed by atoms with van der Waals surface area (Å²) in [7, 11) is 2.92. The summed E-state index contributed by atoms with van der Waals surface area (Å²) in [5, 5.41) is 0. The van der Waals surface area contributed by atoms with Gasteiger partial charge in [0.05, 0.1) is 19.8 Å². The third kappa shape index (κ3) is 3.35. The number of ketones is 1. The van der Waals surface area contributed by atoms with Crippen LogP contribution in [0.4, 0.5) is 0 Å². The zero-order valence-electron chi connectivity index (χ0n) is 14.6. The van der Waals surface area contributed by atoms with E-state index in [9.17, 15) is 9.59 Å². The molecule has 0 saturated carbocycles. The van der Waals surface area contributed by atoms with Crippen molar-refractivity contribution in [3.63, 3.8) is 0 Å². The van der Waals surface area contributed by atoms with Gasteiger partial charge in [0.1, 0.15) is 5.75 Å². The third-order valence-corrected chi connectivity index (χ3v) is 4.15. The molecule has 0 unspecified atom stereocenters. The van der Waals surface area contributed by atoms with Gasteiger partial charge in [-0.1, -0.05) is 42.5 Å². The average Bonchev–Trinajstić information content (AvgIpc) is 2.72. The number of benzene rings is 3. The number of carbonyl (C=O) groups is 2. The van der Waals surface area contributed by atoms with E-state index in [1.54, 1.807) is 55.6 Å². The van der Waals surface area contributed by atoms with Crippen LogP contribution in [0.15, 0.2) is 72.8 Å². The summed E-state index contributed by atoms with van der Waals surface area (Å²) in [4.78, 5) is 25.1. The van der Waals surface area contributed by atoms with Crippen LogP contribution in [0.3, 0.4) is 0 Å². The molecule has 4 heteroatoms. The molecule has 0 atom stereocenters. The number of methoxy groups -OCH3 is 2. The topological polar surface area (TPSA) is 52.6 Å². The smallest absolute Gasteiger partial charge is 0.338 e. The van der Waals surface area contributed by atoms with Crippen LogP contribution in [0.25, 0.3) is 11.1 Å². The molecule has 130 valence electrons.